The molecule has 0 aliphatic rings. The Hall–Kier alpha value is -1.71. The van der Waals surface area contributed by atoms with E-state index in [-0.39, 0.29) is 12.5 Å². The minimum Gasteiger partial charge on any atom is -0.483 e. The summed E-state index contributed by atoms with van der Waals surface area (Å²) in [6.07, 6.45) is 2.05. The van der Waals surface area contributed by atoms with Crippen LogP contribution in [0.15, 0.2) is 12.1 Å². The van der Waals surface area contributed by atoms with Crippen LogP contribution in [0, 0.1) is 13.8 Å². The molecule has 1 amide bonds. The molecule has 0 radical (unpaired) electrons. The van der Waals surface area contributed by atoms with Crippen molar-refractivity contribution in [3.63, 3.8) is 0 Å². The van der Waals surface area contributed by atoms with E-state index in [1.807, 2.05) is 19.9 Å². The first-order chi connectivity index (χ1) is 8.54. The van der Waals surface area contributed by atoms with Crippen LogP contribution >= 0.6 is 0 Å². The van der Waals surface area contributed by atoms with Crippen molar-refractivity contribution in [2.24, 2.45) is 0 Å². The summed E-state index contributed by atoms with van der Waals surface area (Å²) in [5.74, 6) is 0.575. The Balaban J connectivity index is 2.48. The minimum atomic E-state index is -0.0954. The minimum absolute atomic E-state index is 0.0348. The Morgan fingerprint density at radius 3 is 2.72 bits per heavy atom. The van der Waals surface area contributed by atoms with E-state index in [0.717, 1.165) is 24.0 Å². The van der Waals surface area contributed by atoms with Crippen LogP contribution in [0.4, 0.5) is 5.69 Å². The molecule has 0 aliphatic carbocycles. The highest BCUT2D eigenvalue weighted by atomic mass is 16.5. The van der Waals surface area contributed by atoms with Crippen LogP contribution in [-0.2, 0) is 4.79 Å². The van der Waals surface area contributed by atoms with Crippen molar-refractivity contribution in [3.8, 4) is 5.75 Å². The van der Waals surface area contributed by atoms with Crippen LogP contribution in [-0.4, -0.2) is 19.1 Å². The number of nitrogen functional groups attached to an aromatic ring is 1. The van der Waals surface area contributed by atoms with Gasteiger partial charge < -0.3 is 15.8 Å². The molecule has 1 aromatic rings. The molecule has 18 heavy (non-hydrogen) atoms. The highest BCUT2D eigenvalue weighted by Gasteiger charge is 2.06. The van der Waals surface area contributed by atoms with Crippen molar-refractivity contribution in [2.45, 2.75) is 33.6 Å². The topological polar surface area (TPSA) is 64.3 Å². The molecule has 4 nitrogen and oxygen atoms in total. The van der Waals surface area contributed by atoms with Gasteiger partial charge in [0.2, 0.25) is 0 Å². The maximum absolute atomic E-state index is 11.5. The second-order valence-electron chi connectivity index (χ2n) is 4.47. The average molecular weight is 250 g/mol. The highest BCUT2D eigenvalue weighted by molar-refractivity contribution is 5.77. The second-order valence-corrected chi connectivity index (χ2v) is 4.47. The quantitative estimate of drug-likeness (QED) is 0.601. The molecule has 0 bridgehead atoms. The SMILES string of the molecule is CCCCNC(=O)COc1cc(N)c(C)cc1C. The van der Waals surface area contributed by atoms with Crippen molar-refractivity contribution in [2.75, 3.05) is 18.9 Å². The van der Waals surface area contributed by atoms with Crippen molar-refractivity contribution >= 4 is 11.6 Å². The Kier molecular flexibility index (Phi) is 5.49. The summed E-state index contributed by atoms with van der Waals surface area (Å²) in [4.78, 5) is 11.5. The first-order valence-electron chi connectivity index (χ1n) is 6.30. The molecular formula is C14H22N2O2. The van der Waals surface area contributed by atoms with Gasteiger partial charge in [0.05, 0.1) is 0 Å². The fourth-order valence-corrected chi connectivity index (χ4v) is 1.60. The van der Waals surface area contributed by atoms with E-state index in [1.165, 1.54) is 0 Å². The van der Waals surface area contributed by atoms with Gasteiger partial charge in [0.15, 0.2) is 6.61 Å². The van der Waals surface area contributed by atoms with Gasteiger partial charge >= 0.3 is 0 Å². The number of benzene rings is 1. The van der Waals surface area contributed by atoms with E-state index in [2.05, 4.69) is 12.2 Å². The van der Waals surface area contributed by atoms with Gasteiger partial charge in [-0.15, -0.1) is 0 Å². The standard InChI is InChI=1S/C14H22N2O2/c1-4-5-6-16-14(17)9-18-13-8-12(15)10(2)7-11(13)3/h7-8H,4-6,9,15H2,1-3H3,(H,16,17). The number of carbonyl (C=O) groups is 1. The summed E-state index contributed by atoms with van der Waals surface area (Å²) in [5.41, 5.74) is 8.51. The first kappa shape index (κ1) is 14.4. The zero-order valence-electron chi connectivity index (χ0n) is 11.4. The fraction of sp³-hybridized carbons (Fsp3) is 0.500. The van der Waals surface area contributed by atoms with Crippen LogP contribution < -0.4 is 15.8 Å². The molecule has 1 aromatic carbocycles. The summed E-state index contributed by atoms with van der Waals surface area (Å²) in [5, 5.41) is 2.80. The van der Waals surface area contributed by atoms with E-state index in [1.54, 1.807) is 6.07 Å². The predicted octanol–water partition coefficient (Wildman–Crippen LogP) is 2.18. The largest absolute Gasteiger partial charge is 0.483 e. The number of aryl methyl sites for hydroxylation is 2. The molecule has 0 saturated carbocycles. The number of hydrogen-bond acceptors (Lipinski definition) is 3. The lowest BCUT2D eigenvalue weighted by Gasteiger charge is -2.11. The van der Waals surface area contributed by atoms with E-state index in [4.69, 9.17) is 10.5 Å². The van der Waals surface area contributed by atoms with Crippen LogP contribution in [0.1, 0.15) is 30.9 Å². The number of carbonyl (C=O) groups excluding carboxylic acids is 1. The second kappa shape index (κ2) is 6.89. The van der Waals surface area contributed by atoms with Crippen molar-refractivity contribution < 1.29 is 9.53 Å². The molecule has 1 rings (SSSR count). The predicted molar refractivity (Wildman–Crippen MR) is 73.7 cm³/mol. The van der Waals surface area contributed by atoms with E-state index < -0.39 is 0 Å². The number of amides is 1. The molecule has 0 heterocycles. The average Bonchev–Trinajstić information content (AvgIpc) is 2.32. The van der Waals surface area contributed by atoms with Crippen LogP contribution in [0.25, 0.3) is 0 Å². The molecule has 3 N–H and O–H groups in total. The smallest absolute Gasteiger partial charge is 0.257 e. The summed E-state index contributed by atoms with van der Waals surface area (Å²) < 4.78 is 5.47. The summed E-state index contributed by atoms with van der Waals surface area (Å²) >= 11 is 0. The highest BCUT2D eigenvalue weighted by Crippen LogP contribution is 2.24. The molecular weight excluding hydrogens is 228 g/mol. The summed E-state index contributed by atoms with van der Waals surface area (Å²) in [6.45, 7) is 6.71. The molecule has 0 aliphatic heterocycles. The Bertz CT molecular complexity index is 417. The third-order valence-electron chi connectivity index (χ3n) is 2.77. The molecule has 0 aromatic heterocycles. The lowest BCUT2D eigenvalue weighted by atomic mass is 10.1. The maximum atomic E-state index is 11.5. The molecule has 4 heteroatoms. The number of nitrogens with two attached hydrogens (primary N) is 1. The molecule has 0 spiro atoms. The number of rotatable bonds is 6. The third-order valence-corrected chi connectivity index (χ3v) is 2.77. The number of ether oxygens (including phenoxy) is 1. The third kappa shape index (κ3) is 4.28. The molecule has 0 fully saturated rings. The van der Waals surface area contributed by atoms with Gasteiger partial charge in [0.25, 0.3) is 5.91 Å². The Morgan fingerprint density at radius 1 is 1.33 bits per heavy atom. The number of hydrogen-bond donors (Lipinski definition) is 2. The molecule has 0 atom stereocenters. The van der Waals surface area contributed by atoms with Gasteiger partial charge in [0.1, 0.15) is 5.75 Å². The molecule has 0 unspecified atom stereocenters. The van der Waals surface area contributed by atoms with Gasteiger partial charge in [-0.1, -0.05) is 19.4 Å². The van der Waals surface area contributed by atoms with Crippen molar-refractivity contribution in [1.29, 1.82) is 0 Å². The van der Waals surface area contributed by atoms with Crippen LogP contribution in [0.3, 0.4) is 0 Å². The molecule has 100 valence electrons. The Morgan fingerprint density at radius 2 is 2.06 bits per heavy atom. The first-order valence-corrected chi connectivity index (χ1v) is 6.30. The lowest BCUT2D eigenvalue weighted by molar-refractivity contribution is -0.123. The van der Waals surface area contributed by atoms with E-state index in [9.17, 15) is 4.79 Å². The zero-order valence-corrected chi connectivity index (χ0v) is 11.4. The zero-order chi connectivity index (χ0) is 13.5. The van der Waals surface area contributed by atoms with Crippen LogP contribution in [0.5, 0.6) is 5.75 Å². The lowest BCUT2D eigenvalue weighted by Crippen LogP contribution is -2.29. The number of anilines is 1. The van der Waals surface area contributed by atoms with Crippen molar-refractivity contribution in [1.82, 2.24) is 5.32 Å². The fourth-order valence-electron chi connectivity index (χ4n) is 1.60. The summed E-state index contributed by atoms with van der Waals surface area (Å²) in [7, 11) is 0. The molecule has 0 saturated heterocycles. The van der Waals surface area contributed by atoms with E-state index in [0.29, 0.717) is 18.0 Å². The monoisotopic (exact) mass is 250 g/mol. The Labute approximate surface area is 109 Å². The van der Waals surface area contributed by atoms with Crippen molar-refractivity contribution in [3.05, 3.63) is 23.3 Å². The van der Waals surface area contributed by atoms with Gasteiger partial charge in [-0.05, 0) is 31.4 Å². The van der Waals surface area contributed by atoms with Gasteiger partial charge in [-0.2, -0.15) is 0 Å². The summed E-state index contributed by atoms with van der Waals surface area (Å²) in [6, 6.07) is 3.73. The maximum Gasteiger partial charge on any atom is 0.257 e. The van der Waals surface area contributed by atoms with Crippen LogP contribution in [0.2, 0.25) is 0 Å². The van der Waals surface area contributed by atoms with Gasteiger partial charge in [-0.3, -0.25) is 4.79 Å². The van der Waals surface area contributed by atoms with E-state index >= 15 is 0 Å². The normalized spacial score (nSPS) is 10.2. The van der Waals surface area contributed by atoms with Gasteiger partial charge in [0, 0.05) is 18.3 Å². The number of nitrogens with one attached hydrogen (secondary N) is 1. The van der Waals surface area contributed by atoms with Gasteiger partial charge in [-0.25, -0.2) is 0 Å². The number of unbranched alkanes of at least 4 members (excludes halogenated alkanes) is 1.